The molecular weight excluding hydrogens is 287 g/mol. The van der Waals surface area contributed by atoms with Gasteiger partial charge in [0.25, 0.3) is 0 Å². The van der Waals surface area contributed by atoms with Crippen LogP contribution in [0.5, 0.6) is 0 Å². The third kappa shape index (κ3) is 5.73. The number of ether oxygens (including phenoxy) is 1. The summed E-state index contributed by atoms with van der Waals surface area (Å²) in [5.74, 6) is 0. The maximum absolute atomic E-state index is 13.1. The number of halogens is 3. The summed E-state index contributed by atoms with van der Waals surface area (Å²) in [6, 6.07) is 4.53. The molecule has 0 saturated heterocycles. The zero-order valence-electron chi connectivity index (χ0n) is 11.9. The van der Waals surface area contributed by atoms with Gasteiger partial charge >= 0.3 is 6.18 Å². The Morgan fingerprint density at radius 1 is 1.30 bits per heavy atom. The average Bonchev–Trinajstić information content (AvgIpc) is 2.34. The van der Waals surface area contributed by atoms with Gasteiger partial charge < -0.3 is 10.1 Å². The lowest BCUT2D eigenvalue weighted by molar-refractivity contribution is -0.138. The molecule has 20 heavy (non-hydrogen) atoms. The Bertz CT molecular complexity index is 421. The van der Waals surface area contributed by atoms with Gasteiger partial charge in [-0.05, 0) is 17.7 Å². The predicted molar refractivity (Wildman–Crippen MR) is 76.0 cm³/mol. The molecule has 0 unspecified atom stereocenters. The molecule has 0 spiro atoms. The van der Waals surface area contributed by atoms with Crippen LogP contribution in [0, 0.1) is 0 Å². The third-order valence-corrected chi connectivity index (χ3v) is 3.55. The summed E-state index contributed by atoms with van der Waals surface area (Å²) < 4.78 is 44.1. The molecule has 0 saturated carbocycles. The lowest BCUT2D eigenvalue weighted by atomic mass is 10.1. The van der Waals surface area contributed by atoms with E-state index in [1.807, 2.05) is 13.8 Å². The van der Waals surface area contributed by atoms with E-state index >= 15 is 0 Å². The Balaban J connectivity index is 2.87. The molecule has 6 heteroatoms. The van der Waals surface area contributed by atoms with Crippen LogP contribution in [0.15, 0.2) is 23.1 Å². The summed E-state index contributed by atoms with van der Waals surface area (Å²) in [5.41, 5.74) is -0.297. The van der Waals surface area contributed by atoms with Gasteiger partial charge in [0.1, 0.15) is 0 Å². The summed E-state index contributed by atoms with van der Waals surface area (Å²) in [7, 11) is 1.56. The number of benzene rings is 1. The second-order valence-electron chi connectivity index (χ2n) is 4.65. The fraction of sp³-hybridized carbons (Fsp3) is 0.571. The summed E-state index contributed by atoms with van der Waals surface area (Å²) in [6.07, 6.45) is -4.33. The number of alkyl halides is 3. The van der Waals surface area contributed by atoms with Crippen LogP contribution in [0.25, 0.3) is 0 Å². The first kappa shape index (κ1) is 17.3. The van der Waals surface area contributed by atoms with Crippen molar-refractivity contribution >= 4 is 11.8 Å². The van der Waals surface area contributed by atoms with Gasteiger partial charge in [-0.25, -0.2) is 0 Å². The third-order valence-electron chi connectivity index (χ3n) is 2.56. The predicted octanol–water partition coefficient (Wildman–Crippen LogP) is 3.94. The van der Waals surface area contributed by atoms with E-state index in [0.717, 1.165) is 0 Å². The molecule has 1 N–H and O–H groups in total. The molecule has 1 rings (SSSR count). The molecule has 0 aromatic heterocycles. The van der Waals surface area contributed by atoms with Gasteiger partial charge in [0.15, 0.2) is 0 Å². The Hall–Kier alpha value is -0.720. The molecule has 0 bridgehead atoms. The molecule has 0 fully saturated rings. The van der Waals surface area contributed by atoms with Crippen molar-refractivity contribution < 1.29 is 17.9 Å². The lowest BCUT2D eigenvalue weighted by Crippen LogP contribution is -2.21. The SMILES string of the molecule is COCCNCc1ccc(SC(C)C)cc1C(F)(F)F. The van der Waals surface area contributed by atoms with Gasteiger partial charge in [-0.15, -0.1) is 11.8 Å². The van der Waals surface area contributed by atoms with Crippen molar-refractivity contribution in [1.29, 1.82) is 0 Å². The Labute approximate surface area is 122 Å². The van der Waals surface area contributed by atoms with E-state index in [0.29, 0.717) is 18.0 Å². The van der Waals surface area contributed by atoms with Crippen LogP contribution in [0.4, 0.5) is 13.2 Å². The molecule has 0 atom stereocenters. The van der Waals surface area contributed by atoms with E-state index in [1.54, 1.807) is 19.2 Å². The van der Waals surface area contributed by atoms with E-state index in [-0.39, 0.29) is 17.4 Å². The van der Waals surface area contributed by atoms with Crippen molar-refractivity contribution in [1.82, 2.24) is 5.32 Å². The van der Waals surface area contributed by atoms with Crippen LogP contribution < -0.4 is 5.32 Å². The average molecular weight is 307 g/mol. The minimum absolute atomic E-state index is 0.185. The van der Waals surface area contributed by atoms with Gasteiger partial charge in [-0.2, -0.15) is 13.2 Å². The number of hydrogen-bond acceptors (Lipinski definition) is 3. The highest BCUT2D eigenvalue weighted by molar-refractivity contribution is 7.99. The number of hydrogen-bond donors (Lipinski definition) is 1. The van der Waals surface area contributed by atoms with Gasteiger partial charge in [0.2, 0.25) is 0 Å². The summed E-state index contributed by atoms with van der Waals surface area (Å²) in [4.78, 5) is 0.646. The Kier molecular flexibility index (Phi) is 6.85. The zero-order chi connectivity index (χ0) is 15.2. The zero-order valence-corrected chi connectivity index (χ0v) is 12.7. The number of methoxy groups -OCH3 is 1. The number of thioether (sulfide) groups is 1. The second kappa shape index (κ2) is 7.90. The molecular formula is C14H20F3NOS. The highest BCUT2D eigenvalue weighted by atomic mass is 32.2. The number of rotatable bonds is 7. The Morgan fingerprint density at radius 2 is 2.00 bits per heavy atom. The molecule has 2 nitrogen and oxygen atoms in total. The van der Waals surface area contributed by atoms with E-state index in [4.69, 9.17) is 4.74 Å². The Morgan fingerprint density at radius 3 is 2.55 bits per heavy atom. The van der Waals surface area contributed by atoms with Crippen LogP contribution in [-0.2, 0) is 17.5 Å². The first-order valence-electron chi connectivity index (χ1n) is 6.41. The topological polar surface area (TPSA) is 21.3 Å². The normalized spacial score (nSPS) is 12.2. The molecule has 0 amide bonds. The van der Waals surface area contributed by atoms with Crippen molar-refractivity contribution in [3.63, 3.8) is 0 Å². The van der Waals surface area contributed by atoms with Gasteiger partial charge in [0.05, 0.1) is 12.2 Å². The van der Waals surface area contributed by atoms with E-state index in [9.17, 15) is 13.2 Å². The minimum Gasteiger partial charge on any atom is -0.383 e. The molecule has 0 aliphatic carbocycles. The van der Waals surface area contributed by atoms with Crippen molar-refractivity contribution in [3.8, 4) is 0 Å². The van der Waals surface area contributed by atoms with Crippen LogP contribution in [0.3, 0.4) is 0 Å². The molecule has 1 aromatic carbocycles. The lowest BCUT2D eigenvalue weighted by Gasteiger charge is -2.15. The van der Waals surface area contributed by atoms with Crippen LogP contribution in [0.1, 0.15) is 25.0 Å². The standard InChI is InChI=1S/C14H20F3NOS/c1-10(2)20-12-5-4-11(9-18-6-7-19-3)13(8-12)14(15,16)17/h4-5,8,10,18H,6-7,9H2,1-3H3. The summed E-state index contributed by atoms with van der Waals surface area (Å²) in [6.45, 7) is 5.10. The number of nitrogens with one attached hydrogen (secondary N) is 1. The van der Waals surface area contributed by atoms with Gasteiger partial charge in [-0.1, -0.05) is 19.9 Å². The maximum Gasteiger partial charge on any atom is 0.416 e. The van der Waals surface area contributed by atoms with Gasteiger partial charge in [0, 0.05) is 30.3 Å². The first-order chi connectivity index (χ1) is 9.34. The first-order valence-corrected chi connectivity index (χ1v) is 7.29. The van der Waals surface area contributed by atoms with E-state index in [2.05, 4.69) is 5.32 Å². The van der Waals surface area contributed by atoms with E-state index < -0.39 is 11.7 Å². The molecule has 0 aliphatic rings. The minimum atomic E-state index is -4.33. The summed E-state index contributed by atoms with van der Waals surface area (Å²) in [5, 5.41) is 3.20. The molecule has 0 heterocycles. The second-order valence-corrected chi connectivity index (χ2v) is 6.30. The van der Waals surface area contributed by atoms with Crippen LogP contribution >= 0.6 is 11.8 Å². The molecule has 0 radical (unpaired) electrons. The smallest absolute Gasteiger partial charge is 0.383 e. The highest BCUT2D eigenvalue weighted by Gasteiger charge is 2.33. The monoisotopic (exact) mass is 307 g/mol. The van der Waals surface area contributed by atoms with Crippen LogP contribution in [-0.4, -0.2) is 25.5 Å². The molecule has 114 valence electrons. The summed E-state index contributed by atoms with van der Waals surface area (Å²) >= 11 is 1.43. The van der Waals surface area contributed by atoms with Crippen LogP contribution in [0.2, 0.25) is 0 Å². The van der Waals surface area contributed by atoms with Crippen molar-refractivity contribution in [2.75, 3.05) is 20.3 Å². The fourth-order valence-corrected chi connectivity index (χ4v) is 2.59. The fourth-order valence-electron chi connectivity index (χ4n) is 1.72. The van der Waals surface area contributed by atoms with Crippen molar-refractivity contribution in [3.05, 3.63) is 29.3 Å². The highest BCUT2D eigenvalue weighted by Crippen LogP contribution is 2.35. The van der Waals surface area contributed by atoms with Crippen molar-refractivity contribution in [2.24, 2.45) is 0 Å². The molecule has 0 aliphatic heterocycles. The molecule has 1 aromatic rings. The quantitative estimate of drug-likeness (QED) is 0.609. The van der Waals surface area contributed by atoms with Gasteiger partial charge in [-0.3, -0.25) is 0 Å². The largest absolute Gasteiger partial charge is 0.416 e. The maximum atomic E-state index is 13.1. The van der Waals surface area contributed by atoms with Crippen molar-refractivity contribution in [2.45, 2.75) is 36.7 Å². The van der Waals surface area contributed by atoms with E-state index in [1.165, 1.54) is 17.8 Å².